The smallest absolute Gasteiger partial charge is 0.170 e. The van der Waals surface area contributed by atoms with Crippen LogP contribution in [0.4, 0.5) is 5.69 Å². The minimum absolute atomic E-state index is 0.450. The Morgan fingerprint density at radius 3 is 2.77 bits per heavy atom. The number of benzene rings is 1. The van der Waals surface area contributed by atoms with Crippen molar-refractivity contribution in [1.29, 1.82) is 0 Å². The molecule has 0 aliphatic carbocycles. The average Bonchev–Trinajstić information content (AvgIpc) is 2.67. The first-order chi connectivity index (χ1) is 6.42. The van der Waals surface area contributed by atoms with Gasteiger partial charge in [-0.25, -0.2) is 5.48 Å². The second kappa shape index (κ2) is 3.28. The van der Waals surface area contributed by atoms with Crippen LogP contribution in [-0.2, 0) is 9.73 Å². The molecule has 0 amide bonds. The van der Waals surface area contributed by atoms with Crippen molar-refractivity contribution >= 4 is 12.0 Å². The molecule has 0 radical (unpaired) electrons. The summed E-state index contributed by atoms with van der Waals surface area (Å²) in [4.78, 5) is 15.6. The summed E-state index contributed by atoms with van der Waals surface area (Å²) in [5, 5.41) is 1.42. The predicted octanol–water partition coefficient (Wildman–Crippen LogP) is 0.983. The molecule has 66 valence electrons. The summed E-state index contributed by atoms with van der Waals surface area (Å²) in [5.74, 6) is 0. The molecule has 1 aliphatic rings. The summed E-state index contributed by atoms with van der Waals surface area (Å²) in [6.07, 6.45) is 2.23. The van der Waals surface area contributed by atoms with Crippen molar-refractivity contribution < 1.29 is 9.73 Å². The van der Waals surface area contributed by atoms with E-state index in [0.717, 1.165) is 12.0 Å². The van der Waals surface area contributed by atoms with E-state index in [2.05, 4.69) is 5.48 Å². The summed E-state index contributed by atoms with van der Waals surface area (Å²) in [5.41, 5.74) is 3.77. The van der Waals surface area contributed by atoms with Crippen LogP contribution in [0, 0.1) is 0 Å². The maximum absolute atomic E-state index is 10.6. The molecule has 0 saturated heterocycles. The summed E-state index contributed by atoms with van der Waals surface area (Å²) >= 11 is 0. The molecule has 0 atom stereocenters. The number of nitrogens with zero attached hydrogens (tertiary/aromatic N) is 1. The molecule has 1 heterocycles. The SMILES string of the molecule is O=CC1=CNON1c1ccccc1. The Morgan fingerprint density at radius 2 is 2.08 bits per heavy atom. The second-order valence-electron chi connectivity index (χ2n) is 2.53. The number of carbonyl (C=O) groups excluding carboxylic acids is 1. The molecule has 0 aromatic heterocycles. The van der Waals surface area contributed by atoms with E-state index < -0.39 is 0 Å². The zero-order valence-electron chi connectivity index (χ0n) is 6.81. The van der Waals surface area contributed by atoms with Crippen molar-refractivity contribution in [1.82, 2.24) is 5.48 Å². The molecule has 13 heavy (non-hydrogen) atoms. The average molecular weight is 176 g/mol. The molecule has 0 saturated carbocycles. The Balaban J connectivity index is 2.28. The van der Waals surface area contributed by atoms with Gasteiger partial charge in [0.05, 0.1) is 11.9 Å². The first-order valence-electron chi connectivity index (χ1n) is 3.85. The molecule has 0 unspecified atom stereocenters. The van der Waals surface area contributed by atoms with Crippen LogP contribution in [0.1, 0.15) is 0 Å². The molecule has 4 nitrogen and oxygen atoms in total. The predicted molar refractivity (Wildman–Crippen MR) is 47.3 cm³/mol. The van der Waals surface area contributed by atoms with Gasteiger partial charge in [-0.2, -0.15) is 10.0 Å². The van der Waals surface area contributed by atoms with Crippen LogP contribution in [-0.4, -0.2) is 6.29 Å². The Bertz CT molecular complexity index is 335. The van der Waals surface area contributed by atoms with Gasteiger partial charge in [0.15, 0.2) is 6.29 Å². The highest BCUT2D eigenvalue weighted by atomic mass is 16.8. The van der Waals surface area contributed by atoms with E-state index >= 15 is 0 Å². The molecule has 0 fully saturated rings. The van der Waals surface area contributed by atoms with Crippen LogP contribution in [0.3, 0.4) is 0 Å². The van der Waals surface area contributed by atoms with E-state index in [9.17, 15) is 4.79 Å². The van der Waals surface area contributed by atoms with Gasteiger partial charge in [-0.3, -0.25) is 4.79 Å². The van der Waals surface area contributed by atoms with E-state index in [4.69, 9.17) is 4.94 Å². The second-order valence-corrected chi connectivity index (χ2v) is 2.53. The number of aldehydes is 1. The van der Waals surface area contributed by atoms with Crippen LogP contribution in [0.25, 0.3) is 0 Å². The largest absolute Gasteiger partial charge is 0.296 e. The number of rotatable bonds is 2. The first kappa shape index (κ1) is 7.82. The molecule has 0 bridgehead atoms. The highest BCUT2D eigenvalue weighted by Gasteiger charge is 2.16. The lowest BCUT2D eigenvalue weighted by Crippen LogP contribution is -2.20. The Kier molecular flexibility index (Phi) is 1.97. The summed E-state index contributed by atoms with van der Waals surface area (Å²) in [6.45, 7) is 0. The molecule has 1 N–H and O–H groups in total. The van der Waals surface area contributed by atoms with Crippen LogP contribution in [0.5, 0.6) is 0 Å². The van der Waals surface area contributed by atoms with Crippen LogP contribution < -0.4 is 10.5 Å². The number of nitrogens with one attached hydrogen (secondary N) is 1. The minimum atomic E-state index is 0.450. The van der Waals surface area contributed by atoms with Crippen LogP contribution in [0.15, 0.2) is 42.2 Å². The number of carbonyl (C=O) groups is 1. The lowest BCUT2D eigenvalue weighted by atomic mass is 10.3. The van der Waals surface area contributed by atoms with Crippen molar-refractivity contribution in [3.8, 4) is 0 Å². The minimum Gasteiger partial charge on any atom is -0.296 e. The normalized spacial score (nSPS) is 15.1. The van der Waals surface area contributed by atoms with Gasteiger partial charge in [-0.05, 0) is 12.1 Å². The maximum atomic E-state index is 10.6. The molecule has 1 aromatic rings. The quantitative estimate of drug-likeness (QED) is 0.682. The van der Waals surface area contributed by atoms with Gasteiger partial charge in [0.1, 0.15) is 5.70 Å². The van der Waals surface area contributed by atoms with Crippen molar-refractivity contribution in [3.63, 3.8) is 0 Å². The Hall–Kier alpha value is -1.81. The van der Waals surface area contributed by atoms with Crippen molar-refractivity contribution in [3.05, 3.63) is 42.2 Å². The molecular formula is C9H8N2O2. The fourth-order valence-electron chi connectivity index (χ4n) is 1.10. The molecular weight excluding hydrogens is 168 g/mol. The number of allylic oxidation sites excluding steroid dienone is 1. The van der Waals surface area contributed by atoms with Crippen LogP contribution in [0.2, 0.25) is 0 Å². The fraction of sp³-hybridized carbons (Fsp3) is 0. The van der Waals surface area contributed by atoms with Crippen LogP contribution >= 0.6 is 0 Å². The molecule has 4 heteroatoms. The number of para-hydroxylation sites is 1. The number of hydrogen-bond acceptors (Lipinski definition) is 4. The molecule has 1 aliphatic heterocycles. The highest BCUT2D eigenvalue weighted by Crippen LogP contribution is 2.19. The zero-order valence-corrected chi connectivity index (χ0v) is 6.81. The monoisotopic (exact) mass is 176 g/mol. The lowest BCUT2D eigenvalue weighted by Gasteiger charge is -2.14. The van der Waals surface area contributed by atoms with E-state index in [1.165, 1.54) is 11.3 Å². The van der Waals surface area contributed by atoms with E-state index in [1.807, 2.05) is 30.3 Å². The van der Waals surface area contributed by atoms with Gasteiger partial charge in [0.25, 0.3) is 0 Å². The molecule has 1 aromatic carbocycles. The van der Waals surface area contributed by atoms with Crippen molar-refractivity contribution in [2.75, 3.05) is 5.06 Å². The summed E-state index contributed by atoms with van der Waals surface area (Å²) < 4.78 is 0. The molecule has 0 spiro atoms. The van der Waals surface area contributed by atoms with E-state index in [-0.39, 0.29) is 0 Å². The third kappa shape index (κ3) is 1.39. The lowest BCUT2D eigenvalue weighted by molar-refractivity contribution is -0.105. The van der Waals surface area contributed by atoms with Gasteiger partial charge in [-0.1, -0.05) is 18.2 Å². The van der Waals surface area contributed by atoms with Gasteiger partial charge >= 0.3 is 0 Å². The third-order valence-electron chi connectivity index (χ3n) is 1.70. The Morgan fingerprint density at radius 1 is 1.31 bits per heavy atom. The van der Waals surface area contributed by atoms with Gasteiger partial charge in [-0.15, -0.1) is 0 Å². The zero-order chi connectivity index (χ0) is 9.10. The maximum Gasteiger partial charge on any atom is 0.170 e. The summed E-state index contributed by atoms with van der Waals surface area (Å²) in [6, 6.07) is 9.35. The fourth-order valence-corrected chi connectivity index (χ4v) is 1.10. The van der Waals surface area contributed by atoms with Crippen molar-refractivity contribution in [2.45, 2.75) is 0 Å². The van der Waals surface area contributed by atoms with Gasteiger partial charge < -0.3 is 0 Å². The van der Waals surface area contributed by atoms with Gasteiger partial charge in [0.2, 0.25) is 0 Å². The van der Waals surface area contributed by atoms with Gasteiger partial charge in [0, 0.05) is 0 Å². The first-order valence-corrected chi connectivity index (χ1v) is 3.85. The van der Waals surface area contributed by atoms with Crippen molar-refractivity contribution in [2.24, 2.45) is 0 Å². The number of hydrogen-bond donors (Lipinski definition) is 1. The number of hydroxylamine groups is 2. The number of anilines is 1. The molecule has 2 rings (SSSR count). The Labute approximate surface area is 75.3 Å². The third-order valence-corrected chi connectivity index (χ3v) is 1.70. The highest BCUT2D eigenvalue weighted by molar-refractivity contribution is 5.79. The standard InChI is InChI=1S/C9H8N2O2/c12-7-9-6-10-13-11(9)8-4-2-1-3-5-8/h1-7,10H. The topological polar surface area (TPSA) is 41.6 Å². The van der Waals surface area contributed by atoms with E-state index in [0.29, 0.717) is 5.70 Å². The van der Waals surface area contributed by atoms with E-state index in [1.54, 1.807) is 0 Å². The summed E-state index contributed by atoms with van der Waals surface area (Å²) in [7, 11) is 0.